The molecule has 4 rings (SSSR count). The van der Waals surface area contributed by atoms with Gasteiger partial charge < -0.3 is 25.4 Å². The van der Waals surface area contributed by atoms with Crippen LogP contribution in [-0.2, 0) is 11.3 Å². The minimum absolute atomic E-state index is 0.144. The van der Waals surface area contributed by atoms with Crippen LogP contribution in [0, 0.1) is 6.57 Å². The maximum Gasteiger partial charge on any atom is 0.322 e. The van der Waals surface area contributed by atoms with Gasteiger partial charge in [0.25, 0.3) is 11.5 Å². The predicted molar refractivity (Wildman–Crippen MR) is 105 cm³/mol. The number of anilines is 1. The molecule has 1 unspecified atom stereocenters. The van der Waals surface area contributed by atoms with E-state index in [2.05, 4.69) is 20.5 Å². The topological polar surface area (TPSA) is 138 Å². The fraction of sp³-hybridized carbons (Fsp3) is 0.167. The lowest BCUT2D eigenvalue weighted by Gasteiger charge is -2.29. The van der Waals surface area contributed by atoms with Crippen molar-refractivity contribution < 1.29 is 19.8 Å². The lowest BCUT2D eigenvalue weighted by Crippen LogP contribution is -2.38. The van der Waals surface area contributed by atoms with Crippen LogP contribution in [0.25, 0.3) is 15.7 Å². The molecule has 1 amide bonds. The first-order chi connectivity index (χ1) is 13.9. The fourth-order valence-electron chi connectivity index (χ4n) is 3.34. The summed E-state index contributed by atoms with van der Waals surface area (Å²) in [5, 5.41) is 24.9. The van der Waals surface area contributed by atoms with Crippen molar-refractivity contribution in [2.24, 2.45) is 0 Å². The van der Waals surface area contributed by atoms with Crippen LogP contribution in [0.2, 0.25) is 0 Å². The van der Waals surface area contributed by atoms with E-state index in [-0.39, 0.29) is 23.7 Å². The number of hydrogen-bond acceptors (Lipinski definition) is 7. The van der Waals surface area contributed by atoms with Crippen LogP contribution < -0.4 is 16.2 Å². The lowest BCUT2D eigenvalue weighted by molar-refractivity contribution is -0.135. The number of carbonyl (C=O) groups is 2. The highest BCUT2D eigenvalue weighted by atomic mass is 32.1. The van der Waals surface area contributed by atoms with Crippen LogP contribution >= 0.6 is 11.3 Å². The van der Waals surface area contributed by atoms with E-state index < -0.39 is 35.3 Å². The molecule has 0 saturated carbocycles. The van der Waals surface area contributed by atoms with Gasteiger partial charge in [-0.15, -0.1) is 11.3 Å². The number of aromatic nitrogens is 2. The van der Waals surface area contributed by atoms with Crippen molar-refractivity contribution in [3.05, 3.63) is 56.1 Å². The number of amides is 1. The van der Waals surface area contributed by atoms with Crippen molar-refractivity contribution in [1.82, 2.24) is 14.9 Å². The van der Waals surface area contributed by atoms with E-state index in [1.54, 1.807) is 11.7 Å². The van der Waals surface area contributed by atoms with E-state index in [0.717, 1.165) is 4.88 Å². The molecule has 10 nitrogen and oxygen atoms in total. The standard InChI is InChI=1S/C18H13N5O5S/c1-19-9-3-2-8-15-14(9)22-10(11-4-20-7-29-11)6-23(15)18(28)13(16(8)26)17(27)21-5-12(24)25/h2-4,7,10,22,26H,5-6H2,(H,21,27)(H,24,25). The van der Waals surface area contributed by atoms with E-state index in [4.69, 9.17) is 11.7 Å². The lowest BCUT2D eigenvalue weighted by atomic mass is 10.0. The first-order valence-corrected chi connectivity index (χ1v) is 9.25. The fourth-order valence-corrected chi connectivity index (χ4v) is 4.01. The smallest absolute Gasteiger partial charge is 0.322 e. The summed E-state index contributed by atoms with van der Waals surface area (Å²) >= 11 is 1.38. The molecule has 29 heavy (non-hydrogen) atoms. The highest BCUT2D eigenvalue weighted by Crippen LogP contribution is 2.42. The average Bonchev–Trinajstić information content (AvgIpc) is 3.24. The number of rotatable bonds is 4. The average molecular weight is 411 g/mol. The summed E-state index contributed by atoms with van der Waals surface area (Å²) in [5.41, 5.74) is 1.31. The van der Waals surface area contributed by atoms with Crippen molar-refractivity contribution >= 4 is 45.5 Å². The van der Waals surface area contributed by atoms with Crippen LogP contribution in [0.3, 0.4) is 0 Å². The summed E-state index contributed by atoms with van der Waals surface area (Å²) in [6.07, 6.45) is 1.65. The Bertz CT molecular complexity index is 1260. The number of pyridine rings is 1. The Balaban J connectivity index is 1.96. The molecular formula is C18H13N5O5S. The van der Waals surface area contributed by atoms with Gasteiger partial charge in [0, 0.05) is 16.5 Å². The van der Waals surface area contributed by atoms with Gasteiger partial charge in [0.1, 0.15) is 17.9 Å². The first-order valence-electron chi connectivity index (χ1n) is 8.37. The Morgan fingerprint density at radius 3 is 2.90 bits per heavy atom. The SMILES string of the molecule is [C-]#[N+]c1ccc2c(O)c(C(=O)NCC(=O)O)c(=O)n3c2c1NC(c1cncs1)C3. The second kappa shape index (κ2) is 6.92. The maximum absolute atomic E-state index is 13.1. The Hall–Kier alpha value is -3.91. The molecule has 3 aromatic rings. The third-order valence-corrected chi connectivity index (χ3v) is 5.49. The molecule has 146 valence electrons. The number of carbonyl (C=O) groups excluding carboxylic acids is 1. The highest BCUT2D eigenvalue weighted by molar-refractivity contribution is 7.09. The number of benzene rings is 1. The van der Waals surface area contributed by atoms with Crippen molar-refractivity contribution in [3.63, 3.8) is 0 Å². The number of aliphatic carboxylic acids is 1. The Labute approximate surface area is 166 Å². The summed E-state index contributed by atoms with van der Waals surface area (Å²) in [6.45, 7) is 6.87. The Morgan fingerprint density at radius 2 is 2.24 bits per heavy atom. The molecule has 0 radical (unpaired) electrons. The molecule has 0 bridgehead atoms. The number of nitrogens with zero attached hydrogens (tertiary/aromatic N) is 3. The van der Waals surface area contributed by atoms with Gasteiger partial charge in [-0.1, -0.05) is 12.1 Å². The van der Waals surface area contributed by atoms with Crippen LogP contribution in [0.5, 0.6) is 5.75 Å². The number of carboxylic acid groups (broad SMARTS) is 1. The molecule has 1 aliphatic heterocycles. The van der Waals surface area contributed by atoms with Gasteiger partial charge in [-0.25, -0.2) is 4.85 Å². The van der Waals surface area contributed by atoms with Crippen LogP contribution in [0.1, 0.15) is 21.3 Å². The van der Waals surface area contributed by atoms with Crippen molar-refractivity contribution in [3.8, 4) is 5.75 Å². The van der Waals surface area contributed by atoms with Crippen LogP contribution in [0.15, 0.2) is 28.6 Å². The molecular weight excluding hydrogens is 398 g/mol. The molecule has 4 N–H and O–H groups in total. The van der Waals surface area contributed by atoms with E-state index in [1.165, 1.54) is 28.0 Å². The predicted octanol–water partition coefficient (Wildman–Crippen LogP) is 1.70. The number of hydrogen-bond donors (Lipinski definition) is 4. The number of aromatic hydroxyl groups is 1. The van der Waals surface area contributed by atoms with Gasteiger partial charge >= 0.3 is 5.97 Å². The molecule has 0 aliphatic carbocycles. The van der Waals surface area contributed by atoms with Crippen molar-refractivity contribution in [1.29, 1.82) is 0 Å². The zero-order chi connectivity index (χ0) is 20.7. The second-order valence-corrected chi connectivity index (χ2v) is 7.20. The zero-order valence-corrected chi connectivity index (χ0v) is 15.5. The summed E-state index contributed by atoms with van der Waals surface area (Å²) in [5.74, 6) is -2.82. The molecule has 1 aromatic carbocycles. The zero-order valence-electron chi connectivity index (χ0n) is 14.7. The minimum Gasteiger partial charge on any atom is -0.506 e. The summed E-state index contributed by atoms with van der Waals surface area (Å²) in [7, 11) is 0. The minimum atomic E-state index is -1.28. The molecule has 0 spiro atoms. The number of thiazole rings is 1. The molecule has 2 aromatic heterocycles. The molecule has 1 aliphatic rings. The third-order valence-electron chi connectivity index (χ3n) is 4.60. The molecule has 1 atom stereocenters. The van der Waals surface area contributed by atoms with Gasteiger partial charge in [-0.3, -0.25) is 19.4 Å². The second-order valence-electron chi connectivity index (χ2n) is 6.28. The van der Waals surface area contributed by atoms with Gasteiger partial charge in [0.15, 0.2) is 0 Å². The van der Waals surface area contributed by atoms with Crippen molar-refractivity contribution in [2.75, 3.05) is 11.9 Å². The quantitative estimate of drug-likeness (QED) is 0.479. The molecule has 3 heterocycles. The third kappa shape index (κ3) is 2.95. The summed E-state index contributed by atoms with van der Waals surface area (Å²) in [4.78, 5) is 44.6. The Kier molecular flexibility index (Phi) is 4.40. The maximum atomic E-state index is 13.1. The monoisotopic (exact) mass is 411 g/mol. The molecule has 0 saturated heterocycles. The van der Waals surface area contributed by atoms with Crippen LogP contribution in [0.4, 0.5) is 11.4 Å². The Morgan fingerprint density at radius 1 is 1.45 bits per heavy atom. The van der Waals surface area contributed by atoms with E-state index in [1.807, 2.05) is 0 Å². The summed E-state index contributed by atoms with van der Waals surface area (Å²) in [6, 6.07) is 2.58. The van der Waals surface area contributed by atoms with Gasteiger partial charge in [0.05, 0.1) is 35.9 Å². The highest BCUT2D eigenvalue weighted by Gasteiger charge is 2.30. The van der Waals surface area contributed by atoms with Gasteiger partial charge in [-0.05, 0) is 0 Å². The van der Waals surface area contributed by atoms with Crippen LogP contribution in [-0.4, -0.2) is 38.2 Å². The summed E-state index contributed by atoms with van der Waals surface area (Å²) < 4.78 is 1.33. The number of carboxylic acids is 1. The van der Waals surface area contributed by atoms with Gasteiger partial charge in [-0.2, -0.15) is 0 Å². The van der Waals surface area contributed by atoms with E-state index in [0.29, 0.717) is 11.2 Å². The van der Waals surface area contributed by atoms with E-state index in [9.17, 15) is 19.5 Å². The van der Waals surface area contributed by atoms with E-state index >= 15 is 0 Å². The largest absolute Gasteiger partial charge is 0.506 e. The molecule has 11 heteroatoms. The number of nitrogens with one attached hydrogen (secondary N) is 2. The van der Waals surface area contributed by atoms with Gasteiger partial charge in [0.2, 0.25) is 5.69 Å². The van der Waals surface area contributed by atoms with Crippen molar-refractivity contribution in [2.45, 2.75) is 12.6 Å². The normalized spacial score (nSPS) is 14.8. The molecule has 0 fully saturated rings. The first kappa shape index (κ1) is 18.5.